The second kappa shape index (κ2) is 6.47. The summed E-state index contributed by atoms with van der Waals surface area (Å²) in [5.74, 6) is 1.26. The predicted octanol–water partition coefficient (Wildman–Crippen LogP) is 1.29. The molecule has 1 aromatic carbocycles. The van der Waals surface area contributed by atoms with Gasteiger partial charge in [-0.1, -0.05) is 13.3 Å². The topological polar surface area (TPSA) is 83.1 Å². The van der Waals surface area contributed by atoms with E-state index in [1.54, 1.807) is 20.3 Å². The third kappa shape index (κ3) is 3.09. The number of hydrogen-bond donors (Lipinski definition) is 1. The molecule has 0 bridgehead atoms. The molecule has 6 nitrogen and oxygen atoms in total. The number of aryl methyl sites for hydroxylation is 1. The Labute approximate surface area is 123 Å². The third-order valence-corrected chi connectivity index (χ3v) is 3.30. The van der Waals surface area contributed by atoms with Crippen LogP contribution in [0.2, 0.25) is 0 Å². The van der Waals surface area contributed by atoms with Gasteiger partial charge in [0.25, 0.3) is 0 Å². The molecule has 1 aromatic rings. The highest BCUT2D eigenvalue weighted by molar-refractivity contribution is 5.98. The van der Waals surface area contributed by atoms with Crippen molar-refractivity contribution in [3.63, 3.8) is 0 Å². The van der Waals surface area contributed by atoms with E-state index in [0.29, 0.717) is 17.4 Å². The van der Waals surface area contributed by atoms with Gasteiger partial charge in [-0.25, -0.2) is 4.99 Å². The summed E-state index contributed by atoms with van der Waals surface area (Å²) in [5.41, 5.74) is 7.03. The Morgan fingerprint density at radius 2 is 2.19 bits per heavy atom. The summed E-state index contributed by atoms with van der Waals surface area (Å²) in [4.78, 5) is 15.4. The lowest BCUT2D eigenvalue weighted by Crippen LogP contribution is -2.27. The SMILES string of the molecule is CCCc1cc(C2=N[C@@H](C(N)=O)CO2)cc(OC)c1OC. The van der Waals surface area contributed by atoms with Crippen molar-refractivity contribution < 1.29 is 19.0 Å². The Morgan fingerprint density at radius 1 is 1.43 bits per heavy atom. The molecule has 21 heavy (non-hydrogen) atoms. The zero-order valence-corrected chi connectivity index (χ0v) is 12.5. The molecule has 114 valence electrons. The van der Waals surface area contributed by atoms with Gasteiger partial charge in [-0.2, -0.15) is 0 Å². The molecule has 0 fully saturated rings. The van der Waals surface area contributed by atoms with Gasteiger partial charge in [-0.15, -0.1) is 0 Å². The van der Waals surface area contributed by atoms with Crippen molar-refractivity contribution in [2.24, 2.45) is 10.7 Å². The van der Waals surface area contributed by atoms with Crippen molar-refractivity contribution in [2.45, 2.75) is 25.8 Å². The van der Waals surface area contributed by atoms with Gasteiger partial charge in [0.2, 0.25) is 11.8 Å². The van der Waals surface area contributed by atoms with E-state index in [9.17, 15) is 4.79 Å². The van der Waals surface area contributed by atoms with Crippen molar-refractivity contribution in [2.75, 3.05) is 20.8 Å². The van der Waals surface area contributed by atoms with E-state index in [1.807, 2.05) is 6.07 Å². The van der Waals surface area contributed by atoms with E-state index in [4.69, 9.17) is 19.9 Å². The summed E-state index contributed by atoms with van der Waals surface area (Å²) < 4.78 is 16.3. The standard InChI is InChI=1S/C15H20N2O4/c1-4-5-9-6-10(7-12(19-2)13(9)20-3)15-17-11(8-21-15)14(16)18/h6-7,11H,4-5,8H2,1-3H3,(H2,16,18)/t11-/m1/s1. The van der Waals surface area contributed by atoms with Crippen LogP contribution in [0.5, 0.6) is 11.5 Å². The second-order valence-corrected chi connectivity index (χ2v) is 4.78. The fraction of sp³-hybridized carbons (Fsp3) is 0.467. The lowest BCUT2D eigenvalue weighted by Gasteiger charge is -2.14. The minimum absolute atomic E-state index is 0.183. The number of aliphatic imine (C=N–C) groups is 1. The van der Waals surface area contributed by atoms with Gasteiger partial charge in [0.05, 0.1) is 14.2 Å². The maximum atomic E-state index is 11.2. The number of hydrogen-bond acceptors (Lipinski definition) is 5. The zero-order valence-electron chi connectivity index (χ0n) is 12.5. The number of nitrogens with two attached hydrogens (primary N) is 1. The smallest absolute Gasteiger partial charge is 0.245 e. The van der Waals surface area contributed by atoms with Gasteiger partial charge in [0.1, 0.15) is 6.61 Å². The van der Waals surface area contributed by atoms with Crippen LogP contribution in [0.25, 0.3) is 0 Å². The van der Waals surface area contributed by atoms with Crippen LogP contribution < -0.4 is 15.2 Å². The number of methoxy groups -OCH3 is 2. The molecule has 0 radical (unpaired) electrons. The molecular weight excluding hydrogens is 272 g/mol. The van der Waals surface area contributed by atoms with Crippen LogP contribution >= 0.6 is 0 Å². The maximum absolute atomic E-state index is 11.2. The normalized spacial score (nSPS) is 17.1. The van der Waals surface area contributed by atoms with Crippen molar-refractivity contribution in [3.8, 4) is 11.5 Å². The molecule has 0 saturated heterocycles. The first-order valence-corrected chi connectivity index (χ1v) is 6.85. The summed E-state index contributed by atoms with van der Waals surface area (Å²) in [6.07, 6.45) is 1.82. The molecule has 2 N–H and O–H groups in total. The number of benzene rings is 1. The predicted molar refractivity (Wildman–Crippen MR) is 79.0 cm³/mol. The zero-order chi connectivity index (χ0) is 15.4. The molecule has 0 aromatic heterocycles. The highest BCUT2D eigenvalue weighted by atomic mass is 16.5. The summed E-state index contributed by atoms with van der Waals surface area (Å²) in [7, 11) is 3.20. The van der Waals surface area contributed by atoms with Crippen LogP contribution in [0.1, 0.15) is 24.5 Å². The van der Waals surface area contributed by atoms with E-state index in [2.05, 4.69) is 11.9 Å². The molecule has 1 aliphatic heterocycles. The first-order chi connectivity index (χ1) is 10.1. The van der Waals surface area contributed by atoms with Gasteiger partial charge in [0, 0.05) is 5.56 Å². The Bertz CT molecular complexity index is 569. The Balaban J connectivity index is 2.43. The van der Waals surface area contributed by atoms with E-state index in [0.717, 1.165) is 24.0 Å². The minimum Gasteiger partial charge on any atom is -0.493 e. The third-order valence-electron chi connectivity index (χ3n) is 3.30. The Morgan fingerprint density at radius 3 is 2.71 bits per heavy atom. The monoisotopic (exact) mass is 292 g/mol. The fourth-order valence-electron chi connectivity index (χ4n) is 2.30. The fourth-order valence-corrected chi connectivity index (χ4v) is 2.30. The highest BCUT2D eigenvalue weighted by Crippen LogP contribution is 2.34. The highest BCUT2D eigenvalue weighted by Gasteiger charge is 2.26. The molecule has 0 spiro atoms. The van der Waals surface area contributed by atoms with Gasteiger partial charge in [-0.05, 0) is 24.1 Å². The van der Waals surface area contributed by atoms with Crippen LogP contribution in [0.4, 0.5) is 0 Å². The largest absolute Gasteiger partial charge is 0.493 e. The number of ether oxygens (including phenoxy) is 3. The molecule has 0 saturated carbocycles. The lowest BCUT2D eigenvalue weighted by atomic mass is 10.0. The molecule has 1 heterocycles. The Kier molecular flexibility index (Phi) is 4.67. The number of primary amides is 1. The average Bonchev–Trinajstić information content (AvgIpc) is 2.96. The first kappa shape index (κ1) is 15.2. The molecule has 0 aliphatic carbocycles. The van der Waals surface area contributed by atoms with Crippen LogP contribution in [0, 0.1) is 0 Å². The quantitative estimate of drug-likeness (QED) is 0.856. The van der Waals surface area contributed by atoms with Crippen LogP contribution in [0.15, 0.2) is 17.1 Å². The van der Waals surface area contributed by atoms with Crippen LogP contribution in [0.3, 0.4) is 0 Å². The second-order valence-electron chi connectivity index (χ2n) is 4.78. The molecule has 6 heteroatoms. The number of amides is 1. The summed E-state index contributed by atoms with van der Waals surface area (Å²) in [5, 5.41) is 0. The van der Waals surface area contributed by atoms with Crippen LogP contribution in [-0.4, -0.2) is 38.7 Å². The summed E-state index contributed by atoms with van der Waals surface area (Å²) in [6.45, 7) is 2.27. The van der Waals surface area contributed by atoms with Crippen molar-refractivity contribution in [3.05, 3.63) is 23.3 Å². The van der Waals surface area contributed by atoms with E-state index < -0.39 is 11.9 Å². The molecule has 1 aliphatic rings. The van der Waals surface area contributed by atoms with Gasteiger partial charge < -0.3 is 19.9 Å². The number of nitrogens with zero attached hydrogens (tertiary/aromatic N) is 1. The van der Waals surface area contributed by atoms with Gasteiger partial charge >= 0.3 is 0 Å². The maximum Gasteiger partial charge on any atom is 0.245 e. The molecule has 0 unspecified atom stereocenters. The number of rotatable bonds is 6. The number of carbonyl (C=O) groups is 1. The molecule has 1 atom stereocenters. The number of carbonyl (C=O) groups excluding carboxylic acids is 1. The lowest BCUT2D eigenvalue weighted by molar-refractivity contribution is -0.119. The van der Waals surface area contributed by atoms with Gasteiger partial charge in [-0.3, -0.25) is 4.79 Å². The Hall–Kier alpha value is -2.24. The van der Waals surface area contributed by atoms with Crippen molar-refractivity contribution >= 4 is 11.8 Å². The molecular formula is C15H20N2O4. The van der Waals surface area contributed by atoms with Crippen molar-refractivity contribution in [1.82, 2.24) is 0 Å². The first-order valence-electron chi connectivity index (χ1n) is 6.85. The summed E-state index contributed by atoms with van der Waals surface area (Å²) in [6, 6.07) is 3.12. The van der Waals surface area contributed by atoms with Gasteiger partial charge in [0.15, 0.2) is 17.5 Å². The van der Waals surface area contributed by atoms with E-state index >= 15 is 0 Å². The molecule has 2 rings (SSSR count). The van der Waals surface area contributed by atoms with Crippen LogP contribution in [-0.2, 0) is 16.0 Å². The molecule has 1 amide bonds. The van der Waals surface area contributed by atoms with E-state index in [-0.39, 0.29) is 6.61 Å². The summed E-state index contributed by atoms with van der Waals surface area (Å²) >= 11 is 0. The van der Waals surface area contributed by atoms with Crippen molar-refractivity contribution in [1.29, 1.82) is 0 Å². The minimum atomic E-state index is -0.622. The average molecular weight is 292 g/mol. The van der Waals surface area contributed by atoms with E-state index in [1.165, 1.54) is 0 Å².